The molecule has 1 N–H and O–H groups in total. The van der Waals surface area contributed by atoms with E-state index in [1.54, 1.807) is 5.38 Å². The van der Waals surface area contributed by atoms with Crippen LogP contribution in [0.15, 0.2) is 35.7 Å². The van der Waals surface area contributed by atoms with E-state index in [1.165, 1.54) is 0 Å². The lowest BCUT2D eigenvalue weighted by molar-refractivity contribution is 0.386. The first-order valence-corrected chi connectivity index (χ1v) is 6.47. The quantitative estimate of drug-likeness (QED) is 0.851. The average molecular weight is 257 g/mol. The van der Waals surface area contributed by atoms with Crippen LogP contribution in [0.2, 0.25) is 0 Å². The van der Waals surface area contributed by atoms with Gasteiger partial charge in [0.05, 0.1) is 5.69 Å². The molecule has 0 saturated carbocycles. The maximum atomic E-state index is 10.4. The lowest BCUT2D eigenvalue weighted by Crippen LogP contribution is -2.06. The predicted octanol–water partition coefficient (Wildman–Crippen LogP) is 1.99. The van der Waals surface area contributed by atoms with E-state index >= 15 is 0 Å². The highest BCUT2D eigenvalue weighted by atomic mass is 32.3. The van der Waals surface area contributed by atoms with Crippen LogP contribution in [0, 0.1) is 0 Å². The molecule has 1 aromatic heterocycles. The Morgan fingerprint density at radius 1 is 1.25 bits per heavy atom. The summed E-state index contributed by atoms with van der Waals surface area (Å²) in [4.78, 5) is 3.92. The molecule has 0 saturated heterocycles. The van der Waals surface area contributed by atoms with Crippen molar-refractivity contribution in [2.24, 2.45) is 0 Å². The second kappa shape index (κ2) is 4.20. The van der Waals surface area contributed by atoms with E-state index < -0.39 is 10.4 Å². The minimum atomic E-state index is -4.50. The lowest BCUT2D eigenvalue weighted by Gasteiger charge is -1.95. The zero-order valence-corrected chi connectivity index (χ0v) is 9.53. The minimum Gasteiger partial charge on any atom is -0.331 e. The van der Waals surface area contributed by atoms with Crippen molar-refractivity contribution in [2.75, 3.05) is 0 Å². The molecule has 2 rings (SSSR count). The van der Waals surface area contributed by atoms with Gasteiger partial charge in [0.15, 0.2) is 0 Å². The molecular weight excluding hydrogens is 250 g/mol. The molecule has 0 radical (unpaired) electrons. The molecule has 7 heteroatoms. The van der Waals surface area contributed by atoms with Gasteiger partial charge in [0.25, 0.3) is 5.19 Å². The third-order valence-corrected chi connectivity index (χ3v) is 2.92. The third-order valence-electron chi connectivity index (χ3n) is 1.73. The number of nitrogens with zero attached hydrogens (tertiary/aromatic N) is 1. The fraction of sp³-hybridized carbons (Fsp3) is 0. The van der Waals surface area contributed by atoms with Crippen LogP contribution in [0.3, 0.4) is 0 Å². The van der Waals surface area contributed by atoms with Gasteiger partial charge in [0.1, 0.15) is 0 Å². The number of benzene rings is 1. The van der Waals surface area contributed by atoms with Gasteiger partial charge in [-0.2, -0.15) is 8.42 Å². The SMILES string of the molecule is O=S(=O)(O)Oc1nc(-c2ccccc2)cs1. The molecule has 0 atom stereocenters. The van der Waals surface area contributed by atoms with Gasteiger partial charge in [-0.3, -0.25) is 4.55 Å². The molecule has 2 aromatic rings. The normalized spacial score (nSPS) is 11.3. The van der Waals surface area contributed by atoms with Gasteiger partial charge in [0.2, 0.25) is 0 Å². The van der Waals surface area contributed by atoms with Crippen LogP contribution < -0.4 is 4.18 Å². The maximum Gasteiger partial charge on any atom is 0.448 e. The number of hydrogen-bond donors (Lipinski definition) is 1. The number of thiazole rings is 1. The van der Waals surface area contributed by atoms with E-state index in [2.05, 4.69) is 9.17 Å². The van der Waals surface area contributed by atoms with Gasteiger partial charge in [-0.25, -0.2) is 4.98 Å². The highest BCUT2D eigenvalue weighted by Crippen LogP contribution is 2.26. The van der Waals surface area contributed by atoms with Crippen molar-refractivity contribution in [1.29, 1.82) is 0 Å². The van der Waals surface area contributed by atoms with Crippen molar-refractivity contribution in [1.82, 2.24) is 4.98 Å². The van der Waals surface area contributed by atoms with E-state index in [-0.39, 0.29) is 5.19 Å². The Kier molecular flexibility index (Phi) is 2.90. The first-order valence-electron chi connectivity index (χ1n) is 4.22. The Hall–Kier alpha value is -1.44. The molecule has 84 valence electrons. The molecule has 1 aromatic carbocycles. The Labute approximate surface area is 96.3 Å². The van der Waals surface area contributed by atoms with Crippen molar-refractivity contribution in [2.45, 2.75) is 0 Å². The summed E-state index contributed by atoms with van der Waals surface area (Å²) < 4.78 is 33.6. The summed E-state index contributed by atoms with van der Waals surface area (Å²) in [6, 6.07) is 9.24. The van der Waals surface area contributed by atoms with Gasteiger partial charge in [-0.1, -0.05) is 41.7 Å². The molecule has 0 amide bonds. The van der Waals surface area contributed by atoms with E-state index in [0.29, 0.717) is 5.69 Å². The van der Waals surface area contributed by atoms with E-state index in [1.807, 2.05) is 30.3 Å². The largest absolute Gasteiger partial charge is 0.448 e. The fourth-order valence-electron chi connectivity index (χ4n) is 1.13. The van der Waals surface area contributed by atoms with Crippen molar-refractivity contribution in [3.05, 3.63) is 35.7 Å². The topological polar surface area (TPSA) is 76.5 Å². The molecule has 0 spiro atoms. The lowest BCUT2D eigenvalue weighted by atomic mass is 10.2. The molecule has 0 bridgehead atoms. The Bertz CT molecular complexity index is 577. The molecule has 5 nitrogen and oxygen atoms in total. The number of hydrogen-bond acceptors (Lipinski definition) is 5. The molecular formula is C9H7NO4S2. The first kappa shape index (κ1) is 11.1. The molecule has 0 unspecified atom stereocenters. The predicted molar refractivity (Wildman–Crippen MR) is 59.7 cm³/mol. The van der Waals surface area contributed by atoms with Crippen LogP contribution in [-0.4, -0.2) is 18.0 Å². The monoisotopic (exact) mass is 257 g/mol. The molecule has 0 fully saturated rings. The maximum absolute atomic E-state index is 10.4. The molecule has 0 aliphatic rings. The average Bonchev–Trinajstić information content (AvgIpc) is 2.65. The van der Waals surface area contributed by atoms with Crippen molar-refractivity contribution in [3.8, 4) is 16.5 Å². The summed E-state index contributed by atoms with van der Waals surface area (Å²) >= 11 is 0.999. The zero-order chi connectivity index (χ0) is 11.6. The Morgan fingerprint density at radius 2 is 1.94 bits per heavy atom. The van der Waals surface area contributed by atoms with Crippen LogP contribution in [0.4, 0.5) is 0 Å². The van der Waals surface area contributed by atoms with Gasteiger partial charge in [-0.05, 0) is 0 Å². The van der Waals surface area contributed by atoms with Gasteiger partial charge in [-0.15, -0.1) is 0 Å². The standard InChI is InChI=1S/C9H7NO4S2/c11-16(12,13)14-9-10-8(6-15-9)7-4-2-1-3-5-7/h1-6H,(H,11,12,13). The van der Waals surface area contributed by atoms with Crippen LogP contribution >= 0.6 is 11.3 Å². The van der Waals surface area contributed by atoms with E-state index in [4.69, 9.17) is 4.55 Å². The smallest absolute Gasteiger partial charge is 0.331 e. The van der Waals surface area contributed by atoms with Crippen molar-refractivity contribution in [3.63, 3.8) is 0 Å². The van der Waals surface area contributed by atoms with Crippen LogP contribution in [0.1, 0.15) is 0 Å². The molecule has 16 heavy (non-hydrogen) atoms. The van der Waals surface area contributed by atoms with E-state index in [9.17, 15) is 8.42 Å². The second-order valence-electron chi connectivity index (χ2n) is 2.88. The Morgan fingerprint density at radius 3 is 2.56 bits per heavy atom. The Balaban J connectivity index is 2.27. The fourth-order valence-corrected chi connectivity index (χ4v) is 2.31. The van der Waals surface area contributed by atoms with Crippen LogP contribution in [-0.2, 0) is 10.4 Å². The van der Waals surface area contributed by atoms with Crippen LogP contribution in [0.5, 0.6) is 5.19 Å². The summed E-state index contributed by atoms with van der Waals surface area (Å²) in [5.41, 5.74) is 1.45. The molecule has 1 heterocycles. The summed E-state index contributed by atoms with van der Waals surface area (Å²) in [5.74, 6) is 0. The highest BCUT2D eigenvalue weighted by molar-refractivity contribution is 7.81. The first-order chi connectivity index (χ1) is 7.54. The third kappa shape index (κ3) is 2.78. The summed E-state index contributed by atoms with van der Waals surface area (Å²) in [7, 11) is -4.50. The van der Waals surface area contributed by atoms with E-state index in [0.717, 1.165) is 16.9 Å². The van der Waals surface area contributed by atoms with Gasteiger partial charge < -0.3 is 4.18 Å². The van der Waals surface area contributed by atoms with Gasteiger partial charge >= 0.3 is 10.4 Å². The van der Waals surface area contributed by atoms with Crippen LogP contribution in [0.25, 0.3) is 11.3 Å². The summed E-state index contributed by atoms with van der Waals surface area (Å²) in [6.45, 7) is 0. The molecule has 0 aliphatic heterocycles. The number of aromatic nitrogens is 1. The minimum absolute atomic E-state index is 0.110. The van der Waals surface area contributed by atoms with Crippen molar-refractivity contribution >= 4 is 21.7 Å². The molecule has 0 aliphatic carbocycles. The zero-order valence-electron chi connectivity index (χ0n) is 7.90. The summed E-state index contributed by atoms with van der Waals surface area (Å²) in [5, 5.41) is 1.54. The highest BCUT2D eigenvalue weighted by Gasteiger charge is 2.11. The number of rotatable bonds is 3. The second-order valence-corrected chi connectivity index (χ2v) is 4.72. The van der Waals surface area contributed by atoms with Crippen molar-refractivity contribution < 1.29 is 17.2 Å². The van der Waals surface area contributed by atoms with Gasteiger partial charge in [0, 0.05) is 10.9 Å². The summed E-state index contributed by atoms with van der Waals surface area (Å²) in [6.07, 6.45) is 0.